The highest BCUT2D eigenvalue weighted by molar-refractivity contribution is 8.01. The standard InChI is InChI=1S/C19H16F2N4O2S2/c20-14-5-1-12(2-6-14)9-16(26)23-18-24-25-19(29-18)28-11-17(27)22-10-13-3-7-15(21)8-4-13/h1-8H,9-11H2,(H,22,27)(H,23,24,26). The number of amides is 2. The summed E-state index contributed by atoms with van der Waals surface area (Å²) in [4.78, 5) is 23.9. The van der Waals surface area contributed by atoms with Crippen LogP contribution in [0.5, 0.6) is 0 Å². The van der Waals surface area contributed by atoms with Crippen LogP contribution in [0.1, 0.15) is 11.1 Å². The van der Waals surface area contributed by atoms with Gasteiger partial charge in [0.2, 0.25) is 16.9 Å². The van der Waals surface area contributed by atoms with Crippen molar-refractivity contribution in [1.82, 2.24) is 15.5 Å². The number of hydrogen-bond donors (Lipinski definition) is 2. The summed E-state index contributed by atoms with van der Waals surface area (Å²) in [6.07, 6.45) is 0.0914. The number of hydrogen-bond acceptors (Lipinski definition) is 6. The van der Waals surface area contributed by atoms with E-state index in [-0.39, 0.29) is 35.6 Å². The maximum Gasteiger partial charge on any atom is 0.230 e. The third-order valence-corrected chi connectivity index (χ3v) is 5.63. The van der Waals surface area contributed by atoms with Gasteiger partial charge in [0.05, 0.1) is 12.2 Å². The molecule has 1 aromatic heterocycles. The summed E-state index contributed by atoms with van der Waals surface area (Å²) in [5.74, 6) is -1.04. The molecule has 3 aromatic rings. The van der Waals surface area contributed by atoms with E-state index in [2.05, 4.69) is 20.8 Å². The van der Waals surface area contributed by atoms with Gasteiger partial charge in [-0.25, -0.2) is 8.78 Å². The van der Waals surface area contributed by atoms with E-state index in [0.717, 1.165) is 16.9 Å². The van der Waals surface area contributed by atoms with Crippen molar-refractivity contribution in [2.75, 3.05) is 11.1 Å². The lowest BCUT2D eigenvalue weighted by Crippen LogP contribution is -2.24. The predicted molar refractivity (Wildman–Crippen MR) is 108 cm³/mol. The lowest BCUT2D eigenvalue weighted by molar-refractivity contribution is -0.118. The van der Waals surface area contributed by atoms with E-state index < -0.39 is 0 Å². The third kappa shape index (κ3) is 6.91. The van der Waals surface area contributed by atoms with Gasteiger partial charge in [-0.2, -0.15) is 0 Å². The van der Waals surface area contributed by atoms with Crippen LogP contribution in [0.15, 0.2) is 52.9 Å². The van der Waals surface area contributed by atoms with Gasteiger partial charge in [-0.05, 0) is 35.4 Å². The molecule has 0 unspecified atom stereocenters. The first-order valence-electron chi connectivity index (χ1n) is 8.49. The predicted octanol–water partition coefficient (Wildman–Crippen LogP) is 3.41. The number of carbonyl (C=O) groups is 2. The molecular formula is C19H16F2N4O2S2. The highest BCUT2D eigenvalue weighted by Crippen LogP contribution is 2.25. The molecule has 6 nitrogen and oxygen atoms in total. The Hall–Kier alpha value is -2.85. The minimum Gasteiger partial charge on any atom is -0.351 e. The molecule has 0 fully saturated rings. The van der Waals surface area contributed by atoms with Crippen LogP contribution in [0, 0.1) is 11.6 Å². The van der Waals surface area contributed by atoms with Crippen LogP contribution in [-0.2, 0) is 22.6 Å². The fourth-order valence-corrected chi connectivity index (χ4v) is 3.85. The Bertz CT molecular complexity index is 979. The topological polar surface area (TPSA) is 84.0 Å². The molecule has 0 saturated heterocycles. The summed E-state index contributed by atoms with van der Waals surface area (Å²) in [6.45, 7) is 0.306. The zero-order valence-electron chi connectivity index (χ0n) is 15.0. The number of carbonyl (C=O) groups excluding carboxylic acids is 2. The van der Waals surface area contributed by atoms with Crippen LogP contribution in [0.4, 0.5) is 13.9 Å². The van der Waals surface area contributed by atoms with Crippen molar-refractivity contribution in [3.05, 3.63) is 71.3 Å². The summed E-state index contributed by atoms with van der Waals surface area (Å²) in [7, 11) is 0. The first-order valence-corrected chi connectivity index (χ1v) is 10.3. The van der Waals surface area contributed by atoms with Crippen molar-refractivity contribution in [3.8, 4) is 0 Å². The zero-order chi connectivity index (χ0) is 20.6. The number of nitrogens with one attached hydrogen (secondary N) is 2. The molecule has 1 heterocycles. The van der Waals surface area contributed by atoms with Crippen LogP contribution in [0.25, 0.3) is 0 Å². The monoisotopic (exact) mass is 434 g/mol. The van der Waals surface area contributed by atoms with Crippen molar-refractivity contribution >= 4 is 40.0 Å². The van der Waals surface area contributed by atoms with E-state index in [1.807, 2.05) is 0 Å². The number of nitrogens with zero attached hydrogens (tertiary/aromatic N) is 2. The van der Waals surface area contributed by atoms with Crippen molar-refractivity contribution < 1.29 is 18.4 Å². The van der Waals surface area contributed by atoms with E-state index in [0.29, 0.717) is 21.6 Å². The number of thioether (sulfide) groups is 1. The molecular weight excluding hydrogens is 418 g/mol. The summed E-state index contributed by atoms with van der Waals surface area (Å²) in [6, 6.07) is 11.6. The number of rotatable bonds is 8. The zero-order valence-corrected chi connectivity index (χ0v) is 16.7. The lowest BCUT2D eigenvalue weighted by atomic mass is 10.1. The van der Waals surface area contributed by atoms with Crippen molar-refractivity contribution in [3.63, 3.8) is 0 Å². The number of benzene rings is 2. The average Bonchev–Trinajstić information content (AvgIpc) is 3.15. The van der Waals surface area contributed by atoms with Crippen LogP contribution in [0.3, 0.4) is 0 Å². The van der Waals surface area contributed by atoms with Crippen molar-refractivity contribution in [2.45, 2.75) is 17.3 Å². The van der Waals surface area contributed by atoms with Gasteiger partial charge in [0, 0.05) is 6.54 Å². The van der Waals surface area contributed by atoms with Gasteiger partial charge in [-0.15, -0.1) is 10.2 Å². The Balaban J connectivity index is 1.41. The molecule has 29 heavy (non-hydrogen) atoms. The molecule has 10 heteroatoms. The Morgan fingerprint density at radius 2 is 1.52 bits per heavy atom. The van der Waals surface area contributed by atoms with Crippen LogP contribution < -0.4 is 10.6 Å². The van der Waals surface area contributed by atoms with Crippen molar-refractivity contribution in [2.24, 2.45) is 0 Å². The molecule has 0 radical (unpaired) electrons. The van der Waals surface area contributed by atoms with Gasteiger partial charge in [0.1, 0.15) is 11.6 Å². The van der Waals surface area contributed by atoms with Gasteiger partial charge < -0.3 is 10.6 Å². The van der Waals surface area contributed by atoms with Crippen LogP contribution in [-0.4, -0.2) is 27.8 Å². The quantitative estimate of drug-likeness (QED) is 0.419. The first kappa shape index (κ1) is 20.9. The van der Waals surface area contributed by atoms with Crippen LogP contribution >= 0.6 is 23.1 Å². The van der Waals surface area contributed by atoms with Gasteiger partial charge in [0.25, 0.3) is 0 Å². The second-order valence-electron chi connectivity index (χ2n) is 5.92. The van der Waals surface area contributed by atoms with E-state index in [1.165, 1.54) is 36.0 Å². The second-order valence-corrected chi connectivity index (χ2v) is 8.12. The van der Waals surface area contributed by atoms with Gasteiger partial charge in [-0.3, -0.25) is 9.59 Å². The van der Waals surface area contributed by atoms with E-state index in [4.69, 9.17) is 0 Å². The molecule has 2 amide bonds. The van der Waals surface area contributed by atoms with Gasteiger partial charge in [-0.1, -0.05) is 47.4 Å². The highest BCUT2D eigenvalue weighted by Gasteiger charge is 2.11. The Labute approximate surface area is 173 Å². The minimum atomic E-state index is -0.360. The van der Waals surface area contributed by atoms with Crippen LogP contribution in [0.2, 0.25) is 0 Å². The fourth-order valence-electron chi connectivity index (χ4n) is 2.25. The first-order chi connectivity index (χ1) is 14.0. The number of aromatic nitrogens is 2. The molecule has 0 atom stereocenters. The van der Waals surface area contributed by atoms with E-state index >= 15 is 0 Å². The molecule has 150 valence electrons. The Morgan fingerprint density at radius 1 is 0.897 bits per heavy atom. The average molecular weight is 434 g/mol. The maximum atomic E-state index is 12.9. The van der Waals surface area contributed by atoms with Crippen molar-refractivity contribution in [1.29, 1.82) is 0 Å². The fraction of sp³-hybridized carbons (Fsp3) is 0.158. The molecule has 0 saturated carbocycles. The Kier molecular flexibility index (Phi) is 7.25. The summed E-state index contributed by atoms with van der Waals surface area (Å²) in [5.41, 5.74) is 1.48. The smallest absolute Gasteiger partial charge is 0.230 e. The molecule has 0 bridgehead atoms. The summed E-state index contributed by atoms with van der Waals surface area (Å²) in [5, 5.41) is 13.5. The Morgan fingerprint density at radius 3 is 2.17 bits per heavy atom. The molecule has 0 spiro atoms. The molecule has 2 aromatic carbocycles. The molecule has 0 aliphatic carbocycles. The molecule has 0 aliphatic rings. The molecule has 0 aliphatic heterocycles. The van der Waals surface area contributed by atoms with Gasteiger partial charge >= 0.3 is 0 Å². The normalized spacial score (nSPS) is 10.6. The third-order valence-electron chi connectivity index (χ3n) is 3.66. The maximum absolute atomic E-state index is 12.9. The number of anilines is 1. The summed E-state index contributed by atoms with van der Waals surface area (Å²) < 4.78 is 26.3. The van der Waals surface area contributed by atoms with Gasteiger partial charge in [0.15, 0.2) is 4.34 Å². The van der Waals surface area contributed by atoms with E-state index in [1.54, 1.807) is 24.3 Å². The lowest BCUT2D eigenvalue weighted by Gasteiger charge is -2.04. The molecule has 2 N–H and O–H groups in total. The molecule has 3 rings (SSSR count). The largest absolute Gasteiger partial charge is 0.351 e. The number of halogens is 2. The second kappa shape index (κ2) is 10.1. The summed E-state index contributed by atoms with van der Waals surface area (Å²) >= 11 is 2.36. The highest BCUT2D eigenvalue weighted by atomic mass is 32.2. The SMILES string of the molecule is O=C(CSc1nnc(NC(=O)Cc2ccc(F)cc2)s1)NCc1ccc(F)cc1. The minimum absolute atomic E-state index is 0.0914. The van der Waals surface area contributed by atoms with E-state index in [9.17, 15) is 18.4 Å².